The number of carbonyl (C=O) groups is 2. The van der Waals surface area contributed by atoms with Crippen molar-refractivity contribution in [2.45, 2.75) is 44.7 Å². The van der Waals surface area contributed by atoms with Gasteiger partial charge < -0.3 is 15.5 Å². The van der Waals surface area contributed by atoms with E-state index in [0.29, 0.717) is 25.4 Å². The topological polar surface area (TPSA) is 61.4 Å². The molecular weight excluding hydrogens is 338 g/mol. The maximum Gasteiger partial charge on any atom is 0.319 e. The molecule has 2 aromatic rings. The van der Waals surface area contributed by atoms with Crippen molar-refractivity contribution < 1.29 is 9.59 Å². The number of urea groups is 1. The molecule has 0 radical (unpaired) electrons. The Bertz CT molecular complexity index is 845. The number of benzene rings is 2. The molecule has 2 aromatic carbocycles. The molecular formula is C22H25N3O2. The molecule has 2 aliphatic rings. The van der Waals surface area contributed by atoms with Gasteiger partial charge in [-0.3, -0.25) is 4.79 Å². The highest BCUT2D eigenvalue weighted by Gasteiger charge is 2.26. The summed E-state index contributed by atoms with van der Waals surface area (Å²) in [6.45, 7) is 1.87. The molecule has 1 heterocycles. The minimum absolute atomic E-state index is 0.199. The molecule has 27 heavy (non-hydrogen) atoms. The maximum absolute atomic E-state index is 12.4. The van der Waals surface area contributed by atoms with Crippen molar-refractivity contribution >= 4 is 17.6 Å². The highest BCUT2D eigenvalue weighted by molar-refractivity contribution is 5.90. The molecule has 2 N–H and O–H groups in total. The zero-order valence-electron chi connectivity index (χ0n) is 15.4. The van der Waals surface area contributed by atoms with Gasteiger partial charge in [-0.05, 0) is 47.9 Å². The van der Waals surface area contributed by atoms with Crippen molar-refractivity contribution in [1.29, 1.82) is 0 Å². The predicted octanol–water partition coefficient (Wildman–Crippen LogP) is 4.01. The molecule has 140 valence electrons. The van der Waals surface area contributed by atoms with E-state index < -0.39 is 0 Å². The van der Waals surface area contributed by atoms with Gasteiger partial charge in [-0.15, -0.1) is 0 Å². The molecule has 2 fully saturated rings. The summed E-state index contributed by atoms with van der Waals surface area (Å²) in [4.78, 5) is 26.2. The minimum atomic E-state index is -0.199. The number of hydrogen-bond donors (Lipinski definition) is 2. The largest absolute Gasteiger partial charge is 0.338 e. The van der Waals surface area contributed by atoms with E-state index in [2.05, 4.69) is 16.7 Å². The molecule has 4 rings (SSSR count). The Hall–Kier alpha value is -2.82. The Kier molecular flexibility index (Phi) is 5.10. The van der Waals surface area contributed by atoms with E-state index >= 15 is 0 Å². The lowest BCUT2D eigenvalue weighted by Crippen LogP contribution is -2.30. The van der Waals surface area contributed by atoms with Gasteiger partial charge in [0.1, 0.15) is 0 Å². The lowest BCUT2D eigenvalue weighted by molar-refractivity contribution is -0.128. The number of rotatable bonds is 6. The molecule has 1 saturated heterocycles. The first kappa shape index (κ1) is 17.6. The van der Waals surface area contributed by atoms with Gasteiger partial charge in [0.05, 0.1) is 0 Å². The number of para-hydroxylation sites is 1. The normalized spacial score (nSPS) is 16.4. The van der Waals surface area contributed by atoms with E-state index in [0.717, 1.165) is 29.8 Å². The van der Waals surface area contributed by atoms with E-state index in [1.54, 1.807) is 0 Å². The zero-order chi connectivity index (χ0) is 18.6. The van der Waals surface area contributed by atoms with E-state index in [4.69, 9.17) is 0 Å². The predicted molar refractivity (Wildman–Crippen MR) is 105 cm³/mol. The van der Waals surface area contributed by atoms with Crippen LogP contribution in [0.3, 0.4) is 0 Å². The molecule has 0 bridgehead atoms. The number of amides is 3. The molecule has 3 amide bonds. The lowest BCUT2D eigenvalue weighted by Gasteiger charge is -2.18. The second kappa shape index (κ2) is 7.82. The van der Waals surface area contributed by atoms with Crippen LogP contribution in [0, 0.1) is 0 Å². The molecule has 0 unspecified atom stereocenters. The molecule has 0 atom stereocenters. The van der Waals surface area contributed by atoms with Crippen LogP contribution in [0.4, 0.5) is 10.5 Å². The number of carbonyl (C=O) groups excluding carboxylic acids is 2. The first-order valence-electron chi connectivity index (χ1n) is 9.69. The van der Waals surface area contributed by atoms with Gasteiger partial charge >= 0.3 is 6.03 Å². The molecule has 1 aliphatic carbocycles. The van der Waals surface area contributed by atoms with Crippen LogP contribution in [0.5, 0.6) is 0 Å². The average Bonchev–Trinajstić information content (AvgIpc) is 3.45. The fraction of sp³-hybridized carbons (Fsp3) is 0.364. The molecule has 1 saturated carbocycles. The maximum atomic E-state index is 12.4. The van der Waals surface area contributed by atoms with Crippen molar-refractivity contribution in [3.05, 3.63) is 65.2 Å². The van der Waals surface area contributed by atoms with E-state index in [1.165, 1.54) is 18.4 Å². The summed E-state index contributed by atoms with van der Waals surface area (Å²) in [5.41, 5.74) is 4.25. The van der Waals surface area contributed by atoms with Gasteiger partial charge in [0.15, 0.2) is 0 Å². The van der Waals surface area contributed by atoms with Gasteiger partial charge in [-0.1, -0.05) is 42.5 Å². The third kappa shape index (κ3) is 4.30. The summed E-state index contributed by atoms with van der Waals surface area (Å²) in [6, 6.07) is 15.8. The van der Waals surface area contributed by atoms with Gasteiger partial charge in [0.2, 0.25) is 5.91 Å². The summed E-state index contributed by atoms with van der Waals surface area (Å²) in [6.07, 6.45) is 3.97. The van der Waals surface area contributed by atoms with Gasteiger partial charge in [0.25, 0.3) is 0 Å². The minimum Gasteiger partial charge on any atom is -0.338 e. The van der Waals surface area contributed by atoms with Crippen LogP contribution in [0.2, 0.25) is 0 Å². The van der Waals surface area contributed by atoms with Gasteiger partial charge in [-0.25, -0.2) is 4.79 Å². The van der Waals surface area contributed by atoms with Crippen molar-refractivity contribution in [1.82, 2.24) is 10.2 Å². The van der Waals surface area contributed by atoms with Crippen LogP contribution in [0.25, 0.3) is 0 Å². The number of anilines is 1. The smallest absolute Gasteiger partial charge is 0.319 e. The standard InChI is InChI=1S/C22H25N3O2/c26-21-10-5-13-25(21)15-18-7-2-1-6-17(18)14-23-22(27)24-20-9-4-3-8-19(20)16-11-12-16/h1-4,6-9,16H,5,10-15H2,(H2,23,24,27). The Morgan fingerprint density at radius 3 is 2.52 bits per heavy atom. The number of likely N-dealkylation sites (tertiary alicyclic amines) is 1. The van der Waals surface area contributed by atoms with Crippen molar-refractivity contribution in [3.63, 3.8) is 0 Å². The number of nitrogens with one attached hydrogen (secondary N) is 2. The second-order valence-corrected chi connectivity index (χ2v) is 7.36. The molecule has 0 aromatic heterocycles. The SMILES string of the molecule is O=C(NCc1ccccc1CN1CCCC1=O)Nc1ccccc1C1CC1. The van der Waals surface area contributed by atoms with Gasteiger partial charge in [-0.2, -0.15) is 0 Å². The van der Waals surface area contributed by atoms with Crippen molar-refractivity contribution in [3.8, 4) is 0 Å². The first-order chi connectivity index (χ1) is 13.2. The highest BCUT2D eigenvalue weighted by Crippen LogP contribution is 2.43. The summed E-state index contributed by atoms with van der Waals surface area (Å²) in [7, 11) is 0. The average molecular weight is 363 g/mol. The summed E-state index contributed by atoms with van der Waals surface area (Å²) in [5.74, 6) is 0.799. The van der Waals surface area contributed by atoms with Crippen molar-refractivity contribution in [2.24, 2.45) is 0 Å². The third-order valence-corrected chi connectivity index (χ3v) is 5.32. The Labute approximate surface area is 159 Å². The third-order valence-electron chi connectivity index (χ3n) is 5.32. The molecule has 5 nitrogen and oxygen atoms in total. The van der Waals surface area contributed by atoms with Crippen LogP contribution >= 0.6 is 0 Å². The second-order valence-electron chi connectivity index (χ2n) is 7.36. The summed E-state index contributed by atoms with van der Waals surface area (Å²) in [5, 5.41) is 5.94. The lowest BCUT2D eigenvalue weighted by atomic mass is 10.1. The van der Waals surface area contributed by atoms with E-state index in [9.17, 15) is 9.59 Å². The monoisotopic (exact) mass is 363 g/mol. The zero-order valence-corrected chi connectivity index (χ0v) is 15.4. The summed E-state index contributed by atoms with van der Waals surface area (Å²) >= 11 is 0. The molecule has 1 aliphatic heterocycles. The highest BCUT2D eigenvalue weighted by atomic mass is 16.2. The fourth-order valence-corrected chi connectivity index (χ4v) is 3.66. The van der Waals surface area contributed by atoms with E-state index in [1.807, 2.05) is 47.4 Å². The van der Waals surface area contributed by atoms with Crippen LogP contribution in [0.1, 0.15) is 48.3 Å². The molecule has 0 spiro atoms. The number of hydrogen-bond acceptors (Lipinski definition) is 2. The van der Waals surface area contributed by atoms with Gasteiger partial charge in [0, 0.05) is 31.7 Å². The van der Waals surface area contributed by atoms with Crippen LogP contribution in [-0.2, 0) is 17.9 Å². The Morgan fingerprint density at radius 1 is 1.04 bits per heavy atom. The van der Waals surface area contributed by atoms with Crippen molar-refractivity contribution in [2.75, 3.05) is 11.9 Å². The van der Waals surface area contributed by atoms with Crippen LogP contribution < -0.4 is 10.6 Å². The first-order valence-corrected chi connectivity index (χ1v) is 9.69. The number of nitrogens with zero attached hydrogens (tertiary/aromatic N) is 1. The molecule has 5 heteroatoms. The van der Waals surface area contributed by atoms with Crippen LogP contribution in [-0.4, -0.2) is 23.4 Å². The quantitative estimate of drug-likeness (QED) is 0.815. The Balaban J connectivity index is 1.37. The van der Waals surface area contributed by atoms with E-state index in [-0.39, 0.29) is 11.9 Å². The fourth-order valence-electron chi connectivity index (χ4n) is 3.66. The Morgan fingerprint density at radius 2 is 1.78 bits per heavy atom. The summed E-state index contributed by atoms with van der Waals surface area (Å²) < 4.78 is 0. The van der Waals surface area contributed by atoms with Crippen LogP contribution in [0.15, 0.2) is 48.5 Å².